The predicted octanol–water partition coefficient (Wildman–Crippen LogP) is 3.39. The number of hydrogen-bond donors (Lipinski definition) is 1. The van der Waals surface area contributed by atoms with Crippen LogP contribution in [0.15, 0.2) is 0 Å². The molecule has 0 atom stereocenters. The molecule has 0 amide bonds. The number of nitrogens with zero attached hydrogens (tertiary/aromatic N) is 1. The normalized spacial score (nSPS) is 30.4. The summed E-state index contributed by atoms with van der Waals surface area (Å²) in [5, 5.41) is 9.01. The lowest BCUT2D eigenvalue weighted by Crippen LogP contribution is -2.39. The maximum Gasteiger partial charge on any atom is 0.306 e. The van der Waals surface area contributed by atoms with Crippen molar-refractivity contribution in [2.24, 2.45) is 17.8 Å². The Labute approximate surface area is 117 Å². The van der Waals surface area contributed by atoms with Crippen molar-refractivity contribution >= 4 is 5.97 Å². The van der Waals surface area contributed by atoms with Crippen LogP contribution in [0.25, 0.3) is 0 Å². The molecule has 2 rings (SSSR count). The monoisotopic (exact) mass is 267 g/mol. The van der Waals surface area contributed by atoms with Crippen LogP contribution in [0.4, 0.5) is 0 Å². The smallest absolute Gasteiger partial charge is 0.306 e. The van der Waals surface area contributed by atoms with E-state index in [9.17, 15) is 4.79 Å². The lowest BCUT2D eigenvalue weighted by atomic mass is 9.79. The summed E-state index contributed by atoms with van der Waals surface area (Å²) < 4.78 is 0. The van der Waals surface area contributed by atoms with Crippen LogP contribution in [-0.4, -0.2) is 35.6 Å². The van der Waals surface area contributed by atoms with Gasteiger partial charge in [0.25, 0.3) is 0 Å². The number of carboxylic acids is 1. The van der Waals surface area contributed by atoms with Crippen LogP contribution in [0.3, 0.4) is 0 Å². The van der Waals surface area contributed by atoms with Gasteiger partial charge in [-0.3, -0.25) is 4.79 Å². The van der Waals surface area contributed by atoms with Crippen molar-refractivity contribution in [3.63, 3.8) is 0 Å². The molecule has 3 heteroatoms. The van der Waals surface area contributed by atoms with E-state index in [1.54, 1.807) is 0 Å². The molecule has 1 N–H and O–H groups in total. The fraction of sp³-hybridized carbons (Fsp3) is 0.938. The fourth-order valence-corrected chi connectivity index (χ4v) is 3.84. The number of aliphatic carboxylic acids is 1. The number of piperidine rings is 1. The van der Waals surface area contributed by atoms with Crippen LogP contribution in [0.1, 0.15) is 58.3 Å². The van der Waals surface area contributed by atoms with Crippen LogP contribution in [0, 0.1) is 17.8 Å². The van der Waals surface area contributed by atoms with Gasteiger partial charge in [-0.15, -0.1) is 0 Å². The van der Waals surface area contributed by atoms with E-state index in [2.05, 4.69) is 11.8 Å². The second-order valence-corrected chi connectivity index (χ2v) is 6.59. The Kier molecular flexibility index (Phi) is 5.68. The summed E-state index contributed by atoms with van der Waals surface area (Å²) in [5.74, 6) is 1.17. The van der Waals surface area contributed by atoms with E-state index in [4.69, 9.17) is 5.11 Å². The van der Waals surface area contributed by atoms with Crippen molar-refractivity contribution in [3.8, 4) is 0 Å². The Morgan fingerprint density at radius 3 is 2.16 bits per heavy atom. The van der Waals surface area contributed by atoms with Crippen LogP contribution < -0.4 is 0 Å². The fourth-order valence-electron chi connectivity index (χ4n) is 3.84. The van der Waals surface area contributed by atoms with Crippen LogP contribution in [0.5, 0.6) is 0 Å². The van der Waals surface area contributed by atoms with Gasteiger partial charge < -0.3 is 10.0 Å². The van der Waals surface area contributed by atoms with E-state index in [0.717, 1.165) is 37.8 Å². The number of hydrogen-bond acceptors (Lipinski definition) is 2. The molecule has 0 radical (unpaired) electrons. The Balaban J connectivity index is 1.65. The third-order valence-corrected chi connectivity index (χ3v) is 5.12. The minimum absolute atomic E-state index is 0.0865. The van der Waals surface area contributed by atoms with Crippen molar-refractivity contribution in [1.29, 1.82) is 0 Å². The molecule has 1 aliphatic heterocycles. The van der Waals surface area contributed by atoms with E-state index in [1.165, 1.54) is 45.1 Å². The summed E-state index contributed by atoms with van der Waals surface area (Å²) in [6.45, 7) is 5.49. The molecule has 1 aliphatic carbocycles. The summed E-state index contributed by atoms with van der Waals surface area (Å²) in [7, 11) is 0. The molecule has 0 spiro atoms. The standard InChI is InChI=1S/C16H29NO2/c1-2-3-13-4-6-14(7-5-13)12-17-10-8-15(9-11-17)16(18)19/h13-15H,2-12H2,1H3,(H,18,19). The highest BCUT2D eigenvalue weighted by Gasteiger charge is 2.27. The highest BCUT2D eigenvalue weighted by Crippen LogP contribution is 2.32. The van der Waals surface area contributed by atoms with Gasteiger partial charge in [-0.1, -0.05) is 32.6 Å². The zero-order valence-electron chi connectivity index (χ0n) is 12.3. The van der Waals surface area contributed by atoms with Crippen molar-refractivity contribution in [2.45, 2.75) is 58.3 Å². The second kappa shape index (κ2) is 7.28. The summed E-state index contributed by atoms with van der Waals surface area (Å²) in [6, 6.07) is 0. The highest BCUT2D eigenvalue weighted by molar-refractivity contribution is 5.70. The van der Waals surface area contributed by atoms with Gasteiger partial charge in [-0.2, -0.15) is 0 Å². The van der Waals surface area contributed by atoms with Gasteiger partial charge in [0.05, 0.1) is 5.92 Å². The van der Waals surface area contributed by atoms with Crippen LogP contribution >= 0.6 is 0 Å². The molecule has 19 heavy (non-hydrogen) atoms. The maximum absolute atomic E-state index is 10.9. The molecule has 0 aromatic carbocycles. The van der Waals surface area contributed by atoms with E-state index in [-0.39, 0.29) is 5.92 Å². The molecule has 2 fully saturated rings. The lowest BCUT2D eigenvalue weighted by molar-refractivity contribution is -0.143. The van der Waals surface area contributed by atoms with Crippen molar-refractivity contribution in [2.75, 3.05) is 19.6 Å². The summed E-state index contributed by atoms with van der Waals surface area (Å²) in [6.07, 6.45) is 10.1. The van der Waals surface area contributed by atoms with Gasteiger partial charge in [-0.05, 0) is 50.6 Å². The largest absolute Gasteiger partial charge is 0.481 e. The zero-order valence-corrected chi connectivity index (χ0v) is 12.3. The molecule has 0 bridgehead atoms. The van der Waals surface area contributed by atoms with E-state index in [0.29, 0.717) is 0 Å². The van der Waals surface area contributed by atoms with Crippen molar-refractivity contribution in [3.05, 3.63) is 0 Å². The summed E-state index contributed by atoms with van der Waals surface area (Å²) in [4.78, 5) is 13.4. The summed E-state index contributed by atoms with van der Waals surface area (Å²) >= 11 is 0. The number of likely N-dealkylation sites (tertiary alicyclic amines) is 1. The number of carboxylic acid groups (broad SMARTS) is 1. The van der Waals surface area contributed by atoms with Gasteiger partial charge in [0, 0.05) is 6.54 Å². The first kappa shape index (κ1) is 14.8. The Morgan fingerprint density at radius 2 is 1.63 bits per heavy atom. The van der Waals surface area contributed by atoms with Crippen LogP contribution in [0.2, 0.25) is 0 Å². The van der Waals surface area contributed by atoms with Gasteiger partial charge in [0.1, 0.15) is 0 Å². The molecule has 1 saturated heterocycles. The molecule has 0 unspecified atom stereocenters. The third-order valence-electron chi connectivity index (χ3n) is 5.12. The topological polar surface area (TPSA) is 40.5 Å². The van der Waals surface area contributed by atoms with Crippen molar-refractivity contribution in [1.82, 2.24) is 4.90 Å². The van der Waals surface area contributed by atoms with Gasteiger partial charge in [0.2, 0.25) is 0 Å². The Morgan fingerprint density at radius 1 is 1.05 bits per heavy atom. The molecular formula is C16H29NO2. The highest BCUT2D eigenvalue weighted by atomic mass is 16.4. The Hall–Kier alpha value is -0.570. The molecule has 0 aromatic heterocycles. The van der Waals surface area contributed by atoms with Gasteiger partial charge in [-0.25, -0.2) is 0 Å². The lowest BCUT2D eigenvalue weighted by Gasteiger charge is -2.35. The zero-order chi connectivity index (χ0) is 13.7. The van der Waals surface area contributed by atoms with E-state index >= 15 is 0 Å². The van der Waals surface area contributed by atoms with E-state index in [1.807, 2.05) is 0 Å². The SMILES string of the molecule is CCCC1CCC(CN2CCC(C(=O)O)CC2)CC1. The van der Waals surface area contributed by atoms with Gasteiger partial charge >= 0.3 is 5.97 Å². The van der Waals surface area contributed by atoms with Crippen molar-refractivity contribution < 1.29 is 9.90 Å². The quantitative estimate of drug-likeness (QED) is 0.830. The average Bonchev–Trinajstić information content (AvgIpc) is 2.42. The molecule has 110 valence electrons. The predicted molar refractivity (Wildman–Crippen MR) is 77.2 cm³/mol. The third kappa shape index (κ3) is 4.48. The summed E-state index contributed by atoms with van der Waals surface area (Å²) in [5.41, 5.74) is 0. The molecule has 3 nitrogen and oxygen atoms in total. The molecule has 1 heterocycles. The minimum atomic E-state index is -0.597. The first-order valence-corrected chi connectivity index (χ1v) is 8.14. The van der Waals surface area contributed by atoms with Gasteiger partial charge in [0.15, 0.2) is 0 Å². The first-order chi connectivity index (χ1) is 9.19. The molecule has 2 aliphatic rings. The van der Waals surface area contributed by atoms with Crippen LogP contribution in [-0.2, 0) is 4.79 Å². The molecule has 0 aromatic rings. The minimum Gasteiger partial charge on any atom is -0.481 e. The average molecular weight is 267 g/mol. The number of carbonyl (C=O) groups is 1. The maximum atomic E-state index is 10.9. The number of rotatable bonds is 5. The second-order valence-electron chi connectivity index (χ2n) is 6.59. The molecule has 1 saturated carbocycles. The Bertz CT molecular complexity index is 276. The van der Waals surface area contributed by atoms with E-state index < -0.39 is 5.97 Å². The molecular weight excluding hydrogens is 238 g/mol. The first-order valence-electron chi connectivity index (χ1n) is 8.14.